The number of anilines is 3. The van der Waals surface area contributed by atoms with E-state index in [0.717, 1.165) is 68.0 Å². The van der Waals surface area contributed by atoms with Crippen LogP contribution >= 0.6 is 0 Å². The summed E-state index contributed by atoms with van der Waals surface area (Å²) < 4.78 is 0. The lowest BCUT2D eigenvalue weighted by Gasteiger charge is -2.36. The SMILES string of the molecule is CCCN=C1NC(C)(N)Nc2c(NCCC)nc(N3CCCC3)nc21. The average molecular weight is 346 g/mol. The number of amidine groups is 1. The van der Waals surface area contributed by atoms with Crippen molar-refractivity contribution in [1.29, 1.82) is 0 Å². The number of hydrogen-bond donors (Lipinski definition) is 4. The van der Waals surface area contributed by atoms with Gasteiger partial charge in [-0.3, -0.25) is 10.7 Å². The fourth-order valence-corrected chi connectivity index (χ4v) is 3.10. The van der Waals surface area contributed by atoms with E-state index in [0.29, 0.717) is 0 Å². The van der Waals surface area contributed by atoms with Crippen molar-refractivity contribution >= 4 is 23.3 Å². The molecule has 1 saturated heterocycles. The van der Waals surface area contributed by atoms with Crippen LogP contribution in [0.3, 0.4) is 0 Å². The number of fused-ring (bicyclic) bond motifs is 1. The minimum absolute atomic E-state index is 0.735. The number of nitrogens with two attached hydrogens (primary N) is 1. The van der Waals surface area contributed by atoms with E-state index in [-0.39, 0.29) is 0 Å². The first-order chi connectivity index (χ1) is 12.0. The van der Waals surface area contributed by atoms with Crippen LogP contribution in [0.2, 0.25) is 0 Å². The van der Waals surface area contributed by atoms with Crippen molar-refractivity contribution in [3.63, 3.8) is 0 Å². The summed E-state index contributed by atoms with van der Waals surface area (Å²) in [4.78, 5) is 16.5. The molecule has 0 spiro atoms. The Labute approximate surface area is 149 Å². The van der Waals surface area contributed by atoms with Crippen molar-refractivity contribution in [1.82, 2.24) is 15.3 Å². The van der Waals surface area contributed by atoms with Gasteiger partial charge in [0.15, 0.2) is 17.4 Å². The quantitative estimate of drug-likeness (QED) is 0.621. The number of nitrogens with one attached hydrogen (secondary N) is 3. The summed E-state index contributed by atoms with van der Waals surface area (Å²) in [6.07, 6.45) is 4.37. The summed E-state index contributed by atoms with van der Waals surface area (Å²) in [6.45, 7) is 9.72. The molecule has 0 amide bonds. The van der Waals surface area contributed by atoms with Crippen LogP contribution in [0.15, 0.2) is 4.99 Å². The molecule has 3 rings (SSSR count). The van der Waals surface area contributed by atoms with Crippen molar-refractivity contribution in [3.05, 3.63) is 5.69 Å². The van der Waals surface area contributed by atoms with Crippen LogP contribution in [0.1, 0.15) is 52.1 Å². The Morgan fingerprint density at radius 1 is 1.20 bits per heavy atom. The summed E-state index contributed by atoms with van der Waals surface area (Å²) in [5.74, 6) is 1.52. The zero-order valence-electron chi connectivity index (χ0n) is 15.5. The molecular formula is C17H30N8. The lowest BCUT2D eigenvalue weighted by Crippen LogP contribution is -2.62. The minimum Gasteiger partial charge on any atom is -0.368 e. The van der Waals surface area contributed by atoms with Gasteiger partial charge in [-0.25, -0.2) is 4.98 Å². The van der Waals surface area contributed by atoms with E-state index in [1.807, 2.05) is 6.92 Å². The fraction of sp³-hybridized carbons (Fsp3) is 0.706. The molecular weight excluding hydrogens is 316 g/mol. The van der Waals surface area contributed by atoms with Crippen LogP contribution in [0.25, 0.3) is 0 Å². The van der Waals surface area contributed by atoms with Crippen LogP contribution < -0.4 is 26.6 Å². The molecule has 1 unspecified atom stereocenters. The third-order valence-electron chi connectivity index (χ3n) is 4.31. The average Bonchev–Trinajstić information content (AvgIpc) is 3.11. The van der Waals surface area contributed by atoms with Gasteiger partial charge in [-0.1, -0.05) is 13.8 Å². The molecule has 5 N–H and O–H groups in total. The van der Waals surface area contributed by atoms with Crippen LogP contribution in [0, 0.1) is 0 Å². The Morgan fingerprint density at radius 2 is 1.96 bits per heavy atom. The first-order valence-corrected chi connectivity index (χ1v) is 9.35. The van der Waals surface area contributed by atoms with Crippen LogP contribution in [0.5, 0.6) is 0 Å². The topological polar surface area (TPSA) is 103 Å². The molecule has 0 bridgehead atoms. The van der Waals surface area contributed by atoms with Crippen LogP contribution in [-0.4, -0.2) is 47.8 Å². The summed E-state index contributed by atoms with van der Waals surface area (Å²) in [6, 6.07) is 0. The van der Waals surface area contributed by atoms with Crippen molar-refractivity contribution in [2.75, 3.05) is 41.7 Å². The minimum atomic E-state index is -0.791. The molecule has 8 nitrogen and oxygen atoms in total. The molecule has 0 radical (unpaired) electrons. The first-order valence-electron chi connectivity index (χ1n) is 9.35. The Balaban J connectivity index is 2.07. The maximum absolute atomic E-state index is 6.32. The van der Waals surface area contributed by atoms with Gasteiger partial charge in [0.2, 0.25) is 5.95 Å². The molecule has 1 atom stereocenters. The Morgan fingerprint density at radius 3 is 2.64 bits per heavy atom. The molecule has 8 heteroatoms. The normalized spacial score (nSPS) is 24.0. The predicted octanol–water partition coefficient (Wildman–Crippen LogP) is 1.70. The van der Waals surface area contributed by atoms with E-state index in [1.165, 1.54) is 12.8 Å². The molecule has 25 heavy (non-hydrogen) atoms. The third-order valence-corrected chi connectivity index (χ3v) is 4.31. The molecule has 1 fully saturated rings. The zero-order chi connectivity index (χ0) is 17.9. The van der Waals surface area contributed by atoms with Gasteiger partial charge in [-0.15, -0.1) is 0 Å². The third kappa shape index (κ3) is 3.95. The van der Waals surface area contributed by atoms with Crippen molar-refractivity contribution in [2.45, 2.75) is 52.2 Å². The largest absolute Gasteiger partial charge is 0.368 e. The second-order valence-corrected chi connectivity index (χ2v) is 6.90. The smallest absolute Gasteiger partial charge is 0.228 e. The van der Waals surface area contributed by atoms with E-state index in [9.17, 15) is 0 Å². The summed E-state index contributed by atoms with van der Waals surface area (Å²) in [7, 11) is 0. The monoisotopic (exact) mass is 346 g/mol. The summed E-state index contributed by atoms with van der Waals surface area (Å²) in [5, 5.41) is 10.0. The highest BCUT2D eigenvalue weighted by molar-refractivity contribution is 6.06. The van der Waals surface area contributed by atoms with Gasteiger partial charge < -0.3 is 20.9 Å². The van der Waals surface area contributed by atoms with Gasteiger partial charge in [0, 0.05) is 26.2 Å². The Kier molecular flexibility index (Phi) is 5.27. The standard InChI is InChI=1S/C17H30N8/c1-4-8-19-14-13-12(21-16(22-14)25-10-6-7-11-25)15(20-9-5-2)24-17(3,18)23-13/h23H,4-11,18H2,1-3H3,(H,20,24)(H,19,21,22). The molecule has 3 heterocycles. The molecule has 1 aromatic heterocycles. The van der Waals surface area contributed by atoms with E-state index >= 15 is 0 Å². The predicted molar refractivity (Wildman–Crippen MR) is 103 cm³/mol. The second kappa shape index (κ2) is 7.43. The summed E-state index contributed by atoms with van der Waals surface area (Å²) >= 11 is 0. The maximum Gasteiger partial charge on any atom is 0.228 e. The molecule has 0 saturated carbocycles. The fourth-order valence-electron chi connectivity index (χ4n) is 3.10. The van der Waals surface area contributed by atoms with Gasteiger partial charge in [0.1, 0.15) is 11.4 Å². The highest BCUT2D eigenvalue weighted by Crippen LogP contribution is 2.31. The molecule has 0 aliphatic carbocycles. The second-order valence-electron chi connectivity index (χ2n) is 6.90. The van der Waals surface area contributed by atoms with Crippen molar-refractivity contribution < 1.29 is 0 Å². The lowest BCUT2D eigenvalue weighted by atomic mass is 10.2. The van der Waals surface area contributed by atoms with Gasteiger partial charge in [-0.05, 0) is 32.6 Å². The van der Waals surface area contributed by atoms with Crippen LogP contribution in [0.4, 0.5) is 17.5 Å². The first kappa shape index (κ1) is 17.7. The highest BCUT2D eigenvalue weighted by atomic mass is 15.4. The van der Waals surface area contributed by atoms with E-state index < -0.39 is 5.79 Å². The Hall–Kier alpha value is -2.09. The number of hydrogen-bond acceptors (Lipinski definition) is 7. The lowest BCUT2D eigenvalue weighted by molar-refractivity contribution is 0.489. The van der Waals surface area contributed by atoms with Crippen LogP contribution in [-0.2, 0) is 0 Å². The molecule has 138 valence electrons. The number of nitrogens with zero attached hydrogens (tertiary/aromatic N) is 4. The van der Waals surface area contributed by atoms with E-state index in [1.54, 1.807) is 0 Å². The van der Waals surface area contributed by atoms with Crippen molar-refractivity contribution in [3.8, 4) is 0 Å². The molecule has 2 aliphatic heterocycles. The Bertz CT molecular complexity index is 634. The van der Waals surface area contributed by atoms with E-state index in [4.69, 9.17) is 15.7 Å². The van der Waals surface area contributed by atoms with Gasteiger partial charge in [0.05, 0.1) is 0 Å². The highest BCUT2D eigenvalue weighted by Gasteiger charge is 2.33. The van der Waals surface area contributed by atoms with Gasteiger partial charge in [-0.2, -0.15) is 4.98 Å². The van der Waals surface area contributed by atoms with Crippen molar-refractivity contribution in [2.24, 2.45) is 10.7 Å². The number of aromatic nitrogens is 2. The van der Waals surface area contributed by atoms with Gasteiger partial charge in [0.25, 0.3) is 0 Å². The number of aliphatic imine (C=N–C) groups is 1. The maximum atomic E-state index is 6.32. The number of rotatable bonds is 6. The zero-order valence-corrected chi connectivity index (χ0v) is 15.5. The van der Waals surface area contributed by atoms with Gasteiger partial charge >= 0.3 is 0 Å². The molecule has 0 aromatic carbocycles. The molecule has 1 aromatic rings. The summed E-state index contributed by atoms with van der Waals surface area (Å²) in [5.41, 5.74) is 7.94. The molecule has 2 aliphatic rings. The van der Waals surface area contributed by atoms with E-state index in [2.05, 4.69) is 39.7 Å².